The molecule has 0 bridgehead atoms. The topological polar surface area (TPSA) is 90.3 Å². The molecule has 1 rings (SSSR count). The van der Waals surface area contributed by atoms with Gasteiger partial charge in [-0.15, -0.1) is 0 Å². The van der Waals surface area contributed by atoms with Gasteiger partial charge in [0.05, 0.1) is 12.7 Å². The summed E-state index contributed by atoms with van der Waals surface area (Å²) in [5, 5.41) is 6.35. The molecule has 1 aromatic heterocycles. The van der Waals surface area contributed by atoms with Crippen LogP contribution in [0.15, 0.2) is 17.3 Å². The van der Waals surface area contributed by atoms with Gasteiger partial charge in [-0.25, -0.2) is 13.2 Å². The van der Waals surface area contributed by atoms with E-state index in [-0.39, 0.29) is 11.4 Å². The van der Waals surface area contributed by atoms with E-state index in [2.05, 4.69) is 10.4 Å². The van der Waals surface area contributed by atoms with Crippen LogP contribution in [0.5, 0.6) is 0 Å². The molecule has 0 aliphatic heterocycles. The van der Waals surface area contributed by atoms with Crippen molar-refractivity contribution in [2.75, 3.05) is 6.54 Å². The zero-order valence-corrected chi connectivity index (χ0v) is 12.5. The van der Waals surface area contributed by atoms with E-state index in [9.17, 15) is 13.2 Å². The Bertz CT molecular complexity index is 547. The smallest absolute Gasteiger partial charge is 0.407 e. The molecule has 0 spiro atoms. The van der Waals surface area contributed by atoms with E-state index < -0.39 is 20.7 Å². The number of carbonyl (C=O) groups is 1. The van der Waals surface area contributed by atoms with Crippen LogP contribution in [0.1, 0.15) is 20.8 Å². The number of nitrogens with one attached hydrogen (secondary N) is 1. The van der Waals surface area contributed by atoms with Gasteiger partial charge in [0, 0.05) is 23.4 Å². The molecule has 0 aliphatic carbocycles. The highest BCUT2D eigenvalue weighted by Gasteiger charge is 2.16. The fourth-order valence-corrected chi connectivity index (χ4v) is 1.84. The van der Waals surface area contributed by atoms with Crippen molar-refractivity contribution in [1.82, 2.24) is 15.1 Å². The fourth-order valence-electron chi connectivity index (χ4n) is 1.18. The molecule has 9 heteroatoms. The van der Waals surface area contributed by atoms with E-state index >= 15 is 0 Å². The first-order valence-electron chi connectivity index (χ1n) is 5.52. The second kappa shape index (κ2) is 5.79. The molecule has 0 saturated heterocycles. The van der Waals surface area contributed by atoms with Gasteiger partial charge >= 0.3 is 6.09 Å². The van der Waals surface area contributed by atoms with Gasteiger partial charge in [-0.2, -0.15) is 5.10 Å². The van der Waals surface area contributed by atoms with Gasteiger partial charge < -0.3 is 10.1 Å². The SMILES string of the molecule is CC(C)(C)OC(=O)NCCn1cc(S(=O)(=O)Cl)cn1. The summed E-state index contributed by atoms with van der Waals surface area (Å²) >= 11 is 0. The van der Waals surface area contributed by atoms with Crippen molar-refractivity contribution in [3.8, 4) is 0 Å². The standard InChI is InChI=1S/C10H16ClN3O4S/c1-10(2,3)18-9(15)12-4-5-14-7-8(6-13-14)19(11,16)17/h6-7H,4-5H2,1-3H3,(H,12,15). The van der Waals surface area contributed by atoms with E-state index in [4.69, 9.17) is 15.4 Å². The molecule has 0 atom stereocenters. The summed E-state index contributed by atoms with van der Waals surface area (Å²) < 4.78 is 28.4. The first kappa shape index (κ1) is 15.8. The second-order valence-electron chi connectivity index (χ2n) is 4.81. The van der Waals surface area contributed by atoms with Crippen LogP contribution in [-0.4, -0.2) is 36.4 Å². The molecule has 0 saturated carbocycles. The Morgan fingerprint density at radius 2 is 2.16 bits per heavy atom. The number of alkyl carbamates (subject to hydrolysis) is 1. The number of halogens is 1. The van der Waals surface area contributed by atoms with Crippen LogP contribution < -0.4 is 5.32 Å². The predicted octanol–water partition coefficient (Wildman–Crippen LogP) is 1.34. The van der Waals surface area contributed by atoms with Crippen LogP contribution in [0.3, 0.4) is 0 Å². The van der Waals surface area contributed by atoms with E-state index in [0.29, 0.717) is 6.54 Å². The summed E-state index contributed by atoms with van der Waals surface area (Å²) in [6, 6.07) is 0. The second-order valence-corrected chi connectivity index (χ2v) is 7.37. The minimum absolute atomic E-state index is 0.0774. The molecule has 0 aliphatic rings. The maximum absolute atomic E-state index is 11.3. The molecular weight excluding hydrogens is 294 g/mol. The van der Waals surface area contributed by atoms with E-state index in [0.717, 1.165) is 6.20 Å². The van der Waals surface area contributed by atoms with Crippen LogP contribution in [0, 0.1) is 0 Å². The monoisotopic (exact) mass is 309 g/mol. The summed E-state index contributed by atoms with van der Waals surface area (Å²) in [5.41, 5.74) is -0.560. The number of hydrogen-bond donors (Lipinski definition) is 1. The summed E-state index contributed by atoms with van der Waals surface area (Å²) in [5.74, 6) is 0. The average molecular weight is 310 g/mol. The van der Waals surface area contributed by atoms with Crippen molar-refractivity contribution in [3.05, 3.63) is 12.4 Å². The lowest BCUT2D eigenvalue weighted by Gasteiger charge is -2.19. The molecule has 7 nitrogen and oxygen atoms in total. The highest BCUT2D eigenvalue weighted by atomic mass is 35.7. The summed E-state index contributed by atoms with van der Waals surface area (Å²) in [6.07, 6.45) is 1.90. The van der Waals surface area contributed by atoms with Crippen LogP contribution >= 0.6 is 10.7 Å². The van der Waals surface area contributed by atoms with Gasteiger partial charge in [0.15, 0.2) is 0 Å². The molecule has 1 heterocycles. The predicted molar refractivity (Wildman–Crippen MR) is 69.5 cm³/mol. The Morgan fingerprint density at radius 1 is 1.53 bits per heavy atom. The third-order valence-electron chi connectivity index (χ3n) is 1.90. The van der Waals surface area contributed by atoms with Crippen molar-refractivity contribution < 1.29 is 17.9 Å². The lowest BCUT2D eigenvalue weighted by Crippen LogP contribution is -2.34. The van der Waals surface area contributed by atoms with Gasteiger partial charge in [-0.05, 0) is 20.8 Å². The Hall–Kier alpha value is -1.28. The number of rotatable bonds is 4. The summed E-state index contributed by atoms with van der Waals surface area (Å²) in [4.78, 5) is 11.3. The van der Waals surface area contributed by atoms with Gasteiger partial charge in [0.25, 0.3) is 9.05 Å². The van der Waals surface area contributed by atoms with Crippen LogP contribution in [0.2, 0.25) is 0 Å². The summed E-state index contributed by atoms with van der Waals surface area (Å²) in [7, 11) is 1.39. The van der Waals surface area contributed by atoms with E-state index in [1.54, 1.807) is 20.8 Å². The molecular formula is C10H16ClN3O4S. The Balaban J connectivity index is 2.42. The number of ether oxygens (including phenoxy) is 1. The third-order valence-corrected chi connectivity index (χ3v) is 3.21. The quantitative estimate of drug-likeness (QED) is 0.847. The lowest BCUT2D eigenvalue weighted by molar-refractivity contribution is 0.0525. The molecule has 0 fully saturated rings. The highest BCUT2D eigenvalue weighted by Crippen LogP contribution is 2.12. The number of amides is 1. The molecule has 1 amide bonds. The van der Waals surface area contributed by atoms with Crippen LogP contribution in [0.25, 0.3) is 0 Å². The number of carbonyl (C=O) groups excluding carboxylic acids is 1. The zero-order chi connectivity index (χ0) is 14.7. The fraction of sp³-hybridized carbons (Fsp3) is 0.600. The van der Waals surface area contributed by atoms with Crippen molar-refractivity contribution in [2.45, 2.75) is 37.8 Å². The van der Waals surface area contributed by atoms with Gasteiger partial charge in [-0.3, -0.25) is 4.68 Å². The average Bonchev–Trinajstić information content (AvgIpc) is 2.62. The maximum Gasteiger partial charge on any atom is 0.407 e. The van der Waals surface area contributed by atoms with Crippen LogP contribution in [0.4, 0.5) is 4.79 Å². The number of aromatic nitrogens is 2. The first-order valence-corrected chi connectivity index (χ1v) is 7.83. The Morgan fingerprint density at radius 3 is 2.63 bits per heavy atom. The molecule has 1 aromatic rings. The zero-order valence-electron chi connectivity index (χ0n) is 10.9. The molecule has 0 radical (unpaired) electrons. The lowest BCUT2D eigenvalue weighted by atomic mass is 10.2. The Labute approximate surface area is 116 Å². The van der Waals surface area contributed by atoms with Crippen molar-refractivity contribution in [1.29, 1.82) is 0 Å². The maximum atomic E-state index is 11.3. The molecule has 108 valence electrons. The van der Waals surface area contributed by atoms with Gasteiger partial charge in [0.2, 0.25) is 0 Å². The van der Waals surface area contributed by atoms with Crippen molar-refractivity contribution >= 4 is 25.8 Å². The van der Waals surface area contributed by atoms with Crippen LogP contribution in [-0.2, 0) is 20.3 Å². The molecule has 0 aromatic carbocycles. The Kier molecular flexibility index (Phi) is 4.81. The molecule has 19 heavy (non-hydrogen) atoms. The normalized spacial score (nSPS) is 12.2. The minimum Gasteiger partial charge on any atom is -0.444 e. The largest absolute Gasteiger partial charge is 0.444 e. The molecule has 1 N–H and O–H groups in total. The first-order chi connectivity index (χ1) is 8.58. The van der Waals surface area contributed by atoms with Gasteiger partial charge in [-0.1, -0.05) is 0 Å². The van der Waals surface area contributed by atoms with E-state index in [1.807, 2.05) is 0 Å². The van der Waals surface area contributed by atoms with E-state index in [1.165, 1.54) is 10.9 Å². The minimum atomic E-state index is -3.77. The van der Waals surface area contributed by atoms with Crippen molar-refractivity contribution in [2.24, 2.45) is 0 Å². The molecule has 0 unspecified atom stereocenters. The third kappa shape index (κ3) is 5.93. The van der Waals surface area contributed by atoms with Gasteiger partial charge in [0.1, 0.15) is 10.5 Å². The number of hydrogen-bond acceptors (Lipinski definition) is 5. The highest BCUT2D eigenvalue weighted by molar-refractivity contribution is 8.13. The number of nitrogens with zero attached hydrogens (tertiary/aromatic N) is 2. The van der Waals surface area contributed by atoms with Crippen molar-refractivity contribution in [3.63, 3.8) is 0 Å². The summed E-state index contributed by atoms with van der Waals surface area (Å²) in [6.45, 7) is 5.86.